The summed E-state index contributed by atoms with van der Waals surface area (Å²) in [5, 5.41) is 23.2. The average Bonchev–Trinajstić information content (AvgIpc) is 2.75. The molecule has 1 amide bonds. The molecule has 1 aliphatic rings. The molecule has 0 saturated carbocycles. The van der Waals surface area contributed by atoms with Gasteiger partial charge < -0.3 is 25.2 Å². The number of aryl methyl sites for hydroxylation is 1. The van der Waals surface area contributed by atoms with Crippen LogP contribution in [0.3, 0.4) is 0 Å². The molecule has 3 N–H and O–H groups in total. The van der Waals surface area contributed by atoms with Crippen LogP contribution in [0.5, 0.6) is 11.5 Å². The summed E-state index contributed by atoms with van der Waals surface area (Å²) in [6.45, 7) is 1.000. The molecule has 30 heavy (non-hydrogen) atoms. The summed E-state index contributed by atoms with van der Waals surface area (Å²) in [5.74, 6) is 1.16. The van der Waals surface area contributed by atoms with E-state index in [0.717, 1.165) is 30.6 Å². The number of fused-ring (bicyclic) bond motifs is 1. The van der Waals surface area contributed by atoms with Crippen LogP contribution in [-0.2, 0) is 17.6 Å². The molecule has 6 nitrogen and oxygen atoms in total. The molecule has 0 aliphatic heterocycles. The van der Waals surface area contributed by atoms with Crippen molar-refractivity contribution in [3.8, 4) is 11.5 Å². The lowest BCUT2D eigenvalue weighted by atomic mass is 9.88. The first-order valence-electron chi connectivity index (χ1n) is 10.6. The number of aromatic hydroxyl groups is 1. The van der Waals surface area contributed by atoms with Gasteiger partial charge in [-0.3, -0.25) is 4.79 Å². The zero-order chi connectivity index (χ0) is 21.5. The standard InChI is InChI=1S/C24H32N2O4/c1-26(2)24(29)4-3-13-30-22-12-8-17-5-9-20(14-19(17)15-22)25-16-23(28)18-6-10-21(27)11-7-18/h6-8,10-12,15,20,23,25,27-28H,3-5,9,13-14,16H2,1-2H3/t20-,23-/m0/s1. The quantitative estimate of drug-likeness (QED) is 0.552. The molecule has 2 aromatic carbocycles. The molecular weight excluding hydrogens is 380 g/mol. The van der Waals surface area contributed by atoms with Gasteiger partial charge in [0.05, 0.1) is 12.7 Å². The van der Waals surface area contributed by atoms with Crippen molar-refractivity contribution < 1.29 is 19.7 Å². The van der Waals surface area contributed by atoms with Crippen LogP contribution in [0.2, 0.25) is 0 Å². The summed E-state index contributed by atoms with van der Waals surface area (Å²) in [4.78, 5) is 13.2. The largest absolute Gasteiger partial charge is 0.508 e. The third-order valence-corrected chi connectivity index (χ3v) is 5.59. The lowest BCUT2D eigenvalue weighted by Crippen LogP contribution is -2.37. The SMILES string of the molecule is CN(C)C(=O)CCCOc1ccc2c(c1)C[C@@H](NC[C@H](O)c1ccc(O)cc1)CC2. The third kappa shape index (κ3) is 6.21. The molecule has 0 bridgehead atoms. The van der Waals surface area contributed by atoms with Crippen LogP contribution in [0.15, 0.2) is 42.5 Å². The number of phenols is 1. The van der Waals surface area contributed by atoms with Crippen molar-refractivity contribution in [1.29, 1.82) is 0 Å². The van der Waals surface area contributed by atoms with Gasteiger partial charge in [-0.1, -0.05) is 18.2 Å². The predicted octanol–water partition coefficient (Wildman–Crippen LogP) is 2.82. The normalized spacial score (nSPS) is 16.6. The number of hydrogen-bond donors (Lipinski definition) is 3. The summed E-state index contributed by atoms with van der Waals surface area (Å²) in [6, 6.07) is 13.2. The highest BCUT2D eigenvalue weighted by Gasteiger charge is 2.20. The Bertz CT molecular complexity index is 836. The number of aliphatic hydroxyl groups excluding tert-OH is 1. The Morgan fingerprint density at radius 3 is 2.70 bits per heavy atom. The number of nitrogens with one attached hydrogen (secondary N) is 1. The van der Waals surface area contributed by atoms with Gasteiger partial charge in [0, 0.05) is 33.1 Å². The molecule has 0 unspecified atom stereocenters. The minimum atomic E-state index is -0.605. The molecule has 0 spiro atoms. The van der Waals surface area contributed by atoms with E-state index in [0.29, 0.717) is 32.0 Å². The van der Waals surface area contributed by atoms with Crippen molar-refractivity contribution in [1.82, 2.24) is 10.2 Å². The first-order valence-corrected chi connectivity index (χ1v) is 10.6. The molecule has 6 heteroatoms. The minimum absolute atomic E-state index is 0.118. The highest BCUT2D eigenvalue weighted by Crippen LogP contribution is 2.26. The van der Waals surface area contributed by atoms with E-state index >= 15 is 0 Å². The maximum Gasteiger partial charge on any atom is 0.222 e. The fourth-order valence-corrected chi connectivity index (χ4v) is 3.73. The van der Waals surface area contributed by atoms with Crippen molar-refractivity contribution in [3.05, 3.63) is 59.2 Å². The second-order valence-corrected chi connectivity index (χ2v) is 8.13. The Kier molecular flexibility index (Phi) is 7.71. The first kappa shape index (κ1) is 22.1. The Balaban J connectivity index is 1.47. The summed E-state index contributed by atoms with van der Waals surface area (Å²) < 4.78 is 5.85. The molecule has 2 aromatic rings. The van der Waals surface area contributed by atoms with Crippen molar-refractivity contribution in [2.75, 3.05) is 27.2 Å². The average molecular weight is 413 g/mol. The highest BCUT2D eigenvalue weighted by atomic mass is 16.5. The van der Waals surface area contributed by atoms with Crippen LogP contribution < -0.4 is 10.1 Å². The number of carbonyl (C=O) groups excluding carboxylic acids is 1. The van der Waals surface area contributed by atoms with Gasteiger partial charge in [-0.15, -0.1) is 0 Å². The van der Waals surface area contributed by atoms with Gasteiger partial charge in [-0.2, -0.15) is 0 Å². The summed E-state index contributed by atoms with van der Waals surface area (Å²) in [5.41, 5.74) is 3.42. The second kappa shape index (κ2) is 10.5. The van der Waals surface area contributed by atoms with Gasteiger partial charge in [0.25, 0.3) is 0 Å². The Morgan fingerprint density at radius 2 is 1.97 bits per heavy atom. The number of nitrogens with zero attached hydrogens (tertiary/aromatic N) is 1. The van der Waals surface area contributed by atoms with E-state index in [1.165, 1.54) is 11.1 Å². The molecule has 0 aromatic heterocycles. The third-order valence-electron chi connectivity index (χ3n) is 5.59. The van der Waals surface area contributed by atoms with Crippen LogP contribution in [-0.4, -0.2) is 54.3 Å². The second-order valence-electron chi connectivity index (χ2n) is 8.13. The highest BCUT2D eigenvalue weighted by molar-refractivity contribution is 5.75. The van der Waals surface area contributed by atoms with Gasteiger partial charge in [0.15, 0.2) is 0 Å². The van der Waals surface area contributed by atoms with Crippen molar-refractivity contribution >= 4 is 5.91 Å². The number of rotatable bonds is 9. The molecule has 0 heterocycles. The predicted molar refractivity (Wildman–Crippen MR) is 117 cm³/mol. The molecule has 0 saturated heterocycles. The van der Waals surface area contributed by atoms with Crippen LogP contribution >= 0.6 is 0 Å². The number of phenolic OH excluding ortho intramolecular Hbond substituents is 1. The first-order chi connectivity index (χ1) is 14.4. The Hall–Kier alpha value is -2.57. The van der Waals surface area contributed by atoms with Crippen molar-refractivity contribution in [2.45, 2.75) is 44.2 Å². The molecule has 2 atom stereocenters. The van der Waals surface area contributed by atoms with Gasteiger partial charge in [0.1, 0.15) is 11.5 Å². The summed E-state index contributed by atoms with van der Waals surface area (Å²) in [6.07, 6.45) is 3.52. The number of aliphatic hydroxyl groups is 1. The van der Waals surface area contributed by atoms with E-state index in [9.17, 15) is 15.0 Å². The van der Waals surface area contributed by atoms with Crippen LogP contribution in [0.1, 0.15) is 42.1 Å². The van der Waals surface area contributed by atoms with Gasteiger partial charge in [-0.25, -0.2) is 0 Å². The lowest BCUT2D eigenvalue weighted by Gasteiger charge is -2.27. The Labute approximate surface area is 178 Å². The number of ether oxygens (including phenoxy) is 1. The van der Waals surface area contributed by atoms with E-state index in [1.54, 1.807) is 43.3 Å². The van der Waals surface area contributed by atoms with Crippen LogP contribution in [0, 0.1) is 0 Å². The number of carbonyl (C=O) groups is 1. The van der Waals surface area contributed by atoms with E-state index in [-0.39, 0.29) is 11.7 Å². The fourth-order valence-electron chi connectivity index (χ4n) is 3.73. The van der Waals surface area contributed by atoms with Crippen LogP contribution in [0.25, 0.3) is 0 Å². The van der Waals surface area contributed by atoms with Crippen molar-refractivity contribution in [3.63, 3.8) is 0 Å². The van der Waals surface area contributed by atoms with Crippen LogP contribution in [0.4, 0.5) is 0 Å². The number of hydrogen-bond acceptors (Lipinski definition) is 5. The summed E-state index contributed by atoms with van der Waals surface area (Å²) in [7, 11) is 3.53. The maximum atomic E-state index is 11.6. The molecule has 0 radical (unpaired) electrons. The van der Waals surface area contributed by atoms with E-state index in [2.05, 4.69) is 17.4 Å². The smallest absolute Gasteiger partial charge is 0.222 e. The van der Waals surface area contributed by atoms with Gasteiger partial charge in [0.2, 0.25) is 5.91 Å². The molecule has 0 fully saturated rings. The monoisotopic (exact) mass is 412 g/mol. The topological polar surface area (TPSA) is 82.0 Å². The zero-order valence-electron chi connectivity index (χ0n) is 17.8. The molecule has 3 rings (SSSR count). The van der Waals surface area contributed by atoms with Gasteiger partial charge >= 0.3 is 0 Å². The zero-order valence-corrected chi connectivity index (χ0v) is 17.8. The van der Waals surface area contributed by atoms with E-state index in [1.807, 2.05) is 6.07 Å². The maximum absolute atomic E-state index is 11.6. The molecule has 162 valence electrons. The molecular formula is C24H32N2O4. The Morgan fingerprint density at radius 1 is 1.20 bits per heavy atom. The number of benzene rings is 2. The fraction of sp³-hybridized carbons (Fsp3) is 0.458. The summed E-state index contributed by atoms with van der Waals surface area (Å²) >= 11 is 0. The lowest BCUT2D eigenvalue weighted by molar-refractivity contribution is -0.128. The van der Waals surface area contributed by atoms with E-state index < -0.39 is 6.10 Å². The number of amides is 1. The van der Waals surface area contributed by atoms with E-state index in [4.69, 9.17) is 4.74 Å². The molecule has 1 aliphatic carbocycles. The van der Waals surface area contributed by atoms with Gasteiger partial charge in [-0.05, 0) is 66.6 Å². The minimum Gasteiger partial charge on any atom is -0.508 e. The van der Waals surface area contributed by atoms with Crippen molar-refractivity contribution in [2.24, 2.45) is 0 Å².